The molecule has 1 heterocycles. The number of hydrogen-bond acceptors (Lipinski definition) is 6. The molecule has 7 nitrogen and oxygen atoms in total. The molecular weight excluding hydrogens is 386 g/mol. The van der Waals surface area contributed by atoms with Gasteiger partial charge in [-0.15, -0.1) is 10.2 Å². The average Bonchev–Trinajstić information content (AvgIpc) is 3.01. The van der Waals surface area contributed by atoms with Gasteiger partial charge in [0, 0.05) is 11.4 Å². The van der Waals surface area contributed by atoms with Crippen LogP contribution in [0.5, 0.6) is 5.75 Å². The summed E-state index contributed by atoms with van der Waals surface area (Å²) in [4.78, 5) is 12.4. The number of aromatic nitrogens is 3. The molecule has 1 amide bonds. The molecular formula is C18H18ClN5O2S. The van der Waals surface area contributed by atoms with Crippen LogP contribution in [0.1, 0.15) is 5.56 Å². The van der Waals surface area contributed by atoms with Crippen LogP contribution in [0, 0.1) is 0 Å². The van der Waals surface area contributed by atoms with Crippen molar-refractivity contribution in [2.45, 2.75) is 17.5 Å². The Morgan fingerprint density at radius 3 is 2.74 bits per heavy atom. The molecule has 27 heavy (non-hydrogen) atoms. The van der Waals surface area contributed by atoms with Crippen molar-refractivity contribution in [2.24, 2.45) is 0 Å². The maximum atomic E-state index is 12.4. The number of nitrogens with two attached hydrogens (primary N) is 1. The van der Waals surface area contributed by atoms with Gasteiger partial charge in [0.15, 0.2) is 5.16 Å². The number of nitrogens with zero attached hydrogens (tertiary/aromatic N) is 3. The summed E-state index contributed by atoms with van der Waals surface area (Å²) in [5, 5.41) is 11.7. The fourth-order valence-electron chi connectivity index (χ4n) is 2.37. The van der Waals surface area contributed by atoms with Crippen LogP contribution in [0.4, 0.5) is 11.6 Å². The number of ether oxygens (including phenoxy) is 1. The lowest BCUT2D eigenvalue weighted by Crippen LogP contribution is -2.20. The van der Waals surface area contributed by atoms with Crippen molar-refractivity contribution in [2.75, 3.05) is 18.2 Å². The fourth-order valence-corrected chi connectivity index (χ4v) is 3.52. The first-order chi connectivity index (χ1) is 13.1. The molecule has 0 unspecified atom stereocenters. The van der Waals surface area contributed by atoms with E-state index < -0.39 is 0 Å². The Bertz CT molecular complexity index is 933. The Balaban J connectivity index is 1.65. The molecule has 0 atom stereocenters. The van der Waals surface area contributed by atoms with Crippen LogP contribution in [0.25, 0.3) is 0 Å². The van der Waals surface area contributed by atoms with Gasteiger partial charge in [-0.05, 0) is 23.8 Å². The molecule has 140 valence electrons. The molecule has 0 bridgehead atoms. The van der Waals surface area contributed by atoms with E-state index in [9.17, 15) is 4.79 Å². The zero-order valence-corrected chi connectivity index (χ0v) is 16.1. The Labute approximate surface area is 165 Å². The zero-order chi connectivity index (χ0) is 19.2. The molecule has 0 fully saturated rings. The third-order valence-corrected chi connectivity index (χ3v) is 5.03. The number of anilines is 2. The van der Waals surface area contributed by atoms with Crippen LogP contribution in [-0.4, -0.2) is 27.8 Å². The van der Waals surface area contributed by atoms with Crippen LogP contribution in [0.2, 0.25) is 5.02 Å². The highest BCUT2D eigenvalue weighted by molar-refractivity contribution is 7.98. The second-order valence-electron chi connectivity index (χ2n) is 5.60. The van der Waals surface area contributed by atoms with Gasteiger partial charge in [0.25, 0.3) is 0 Å². The third kappa shape index (κ3) is 4.93. The summed E-state index contributed by atoms with van der Waals surface area (Å²) in [5.41, 5.74) is 7.58. The summed E-state index contributed by atoms with van der Waals surface area (Å²) in [6.45, 7) is -0.000392. The van der Waals surface area contributed by atoms with Crippen LogP contribution >= 0.6 is 23.4 Å². The average molecular weight is 404 g/mol. The normalized spacial score (nSPS) is 10.6. The van der Waals surface area contributed by atoms with Gasteiger partial charge in [0.2, 0.25) is 11.9 Å². The number of carbonyl (C=O) groups excluding carboxylic acids is 1. The molecule has 0 aliphatic heterocycles. The fraction of sp³-hybridized carbons (Fsp3) is 0.167. The van der Waals surface area contributed by atoms with Crippen LogP contribution in [-0.2, 0) is 17.1 Å². The zero-order valence-electron chi connectivity index (χ0n) is 14.6. The minimum atomic E-state index is -0.260. The third-order valence-electron chi connectivity index (χ3n) is 3.69. The number of hydrogen-bond donors (Lipinski definition) is 2. The highest BCUT2D eigenvalue weighted by atomic mass is 35.5. The van der Waals surface area contributed by atoms with Crippen molar-refractivity contribution >= 4 is 40.9 Å². The number of methoxy groups -OCH3 is 1. The van der Waals surface area contributed by atoms with Gasteiger partial charge in [-0.3, -0.25) is 9.36 Å². The lowest BCUT2D eigenvalue weighted by molar-refractivity contribution is -0.116. The van der Waals surface area contributed by atoms with Gasteiger partial charge in [-0.1, -0.05) is 53.7 Å². The molecule has 9 heteroatoms. The van der Waals surface area contributed by atoms with E-state index in [1.807, 2.05) is 30.3 Å². The Hall–Kier alpha value is -2.71. The highest BCUT2D eigenvalue weighted by Crippen LogP contribution is 2.27. The minimum Gasteiger partial charge on any atom is -0.495 e. The molecule has 3 N–H and O–H groups in total. The molecule has 0 saturated heterocycles. The van der Waals surface area contributed by atoms with Crippen LogP contribution < -0.4 is 15.8 Å². The van der Waals surface area contributed by atoms with Crippen molar-refractivity contribution in [1.82, 2.24) is 14.8 Å². The summed E-state index contributed by atoms with van der Waals surface area (Å²) in [6.07, 6.45) is 0. The molecule has 0 spiro atoms. The number of benzene rings is 2. The van der Waals surface area contributed by atoms with E-state index in [2.05, 4.69) is 15.5 Å². The quantitative estimate of drug-likeness (QED) is 0.586. The number of amides is 1. The van der Waals surface area contributed by atoms with Gasteiger partial charge in [-0.2, -0.15) is 0 Å². The van der Waals surface area contributed by atoms with Gasteiger partial charge < -0.3 is 15.8 Å². The molecule has 0 aliphatic carbocycles. The SMILES string of the molecule is COc1ccc(NC(=O)Cn2c(N)nnc2SCc2ccccc2)cc1Cl. The standard InChI is InChI=1S/C18H18ClN5O2S/c1-26-15-8-7-13(9-14(15)19)21-16(25)10-24-17(20)22-23-18(24)27-11-12-5-3-2-4-6-12/h2-9H,10-11H2,1H3,(H2,20,22)(H,21,25). The monoisotopic (exact) mass is 403 g/mol. The molecule has 3 aromatic rings. The van der Waals surface area contributed by atoms with E-state index >= 15 is 0 Å². The van der Waals surface area contributed by atoms with E-state index in [1.165, 1.54) is 18.9 Å². The van der Waals surface area contributed by atoms with Crippen molar-refractivity contribution in [3.05, 3.63) is 59.1 Å². The second-order valence-corrected chi connectivity index (χ2v) is 6.95. The predicted octanol–water partition coefficient (Wildman–Crippen LogP) is 3.45. The molecule has 0 radical (unpaired) electrons. The molecule has 1 aromatic heterocycles. The Morgan fingerprint density at radius 1 is 1.26 bits per heavy atom. The predicted molar refractivity (Wildman–Crippen MR) is 107 cm³/mol. The van der Waals surface area contributed by atoms with E-state index in [4.69, 9.17) is 22.1 Å². The van der Waals surface area contributed by atoms with Crippen molar-refractivity contribution in [3.63, 3.8) is 0 Å². The van der Waals surface area contributed by atoms with Crippen molar-refractivity contribution in [3.8, 4) is 5.75 Å². The Kier molecular flexibility index (Phi) is 6.20. The topological polar surface area (TPSA) is 95.1 Å². The number of nitrogens with one attached hydrogen (secondary N) is 1. The van der Waals surface area contributed by atoms with Gasteiger partial charge in [0.05, 0.1) is 12.1 Å². The van der Waals surface area contributed by atoms with E-state index in [0.29, 0.717) is 27.4 Å². The number of nitrogen functional groups attached to an aromatic ring is 1. The number of rotatable bonds is 7. The number of carbonyl (C=O) groups is 1. The molecule has 0 aliphatic rings. The van der Waals surface area contributed by atoms with Gasteiger partial charge >= 0.3 is 0 Å². The van der Waals surface area contributed by atoms with E-state index in [-0.39, 0.29) is 18.4 Å². The number of halogens is 1. The van der Waals surface area contributed by atoms with E-state index in [1.54, 1.807) is 22.8 Å². The first-order valence-corrected chi connectivity index (χ1v) is 9.42. The smallest absolute Gasteiger partial charge is 0.244 e. The van der Waals surface area contributed by atoms with E-state index in [0.717, 1.165) is 5.56 Å². The Morgan fingerprint density at radius 2 is 2.04 bits per heavy atom. The highest BCUT2D eigenvalue weighted by Gasteiger charge is 2.14. The maximum absolute atomic E-state index is 12.4. The minimum absolute atomic E-state index is 0.000392. The maximum Gasteiger partial charge on any atom is 0.244 e. The van der Waals surface area contributed by atoms with Gasteiger partial charge in [0.1, 0.15) is 12.3 Å². The van der Waals surface area contributed by atoms with Crippen molar-refractivity contribution in [1.29, 1.82) is 0 Å². The van der Waals surface area contributed by atoms with Gasteiger partial charge in [-0.25, -0.2) is 0 Å². The summed E-state index contributed by atoms with van der Waals surface area (Å²) >= 11 is 7.55. The molecule has 3 rings (SSSR count). The largest absolute Gasteiger partial charge is 0.495 e. The summed E-state index contributed by atoms with van der Waals surface area (Å²) in [5.74, 6) is 1.17. The number of thioether (sulfide) groups is 1. The second kappa shape index (κ2) is 8.79. The summed E-state index contributed by atoms with van der Waals surface area (Å²) in [7, 11) is 1.53. The first kappa shape index (κ1) is 19.1. The summed E-state index contributed by atoms with van der Waals surface area (Å²) < 4.78 is 6.68. The van der Waals surface area contributed by atoms with Crippen LogP contribution in [0.3, 0.4) is 0 Å². The lowest BCUT2D eigenvalue weighted by atomic mass is 10.2. The van der Waals surface area contributed by atoms with Crippen molar-refractivity contribution < 1.29 is 9.53 Å². The summed E-state index contributed by atoms with van der Waals surface area (Å²) in [6, 6.07) is 15.0. The van der Waals surface area contributed by atoms with Crippen LogP contribution in [0.15, 0.2) is 53.7 Å². The molecule has 2 aromatic carbocycles. The first-order valence-electron chi connectivity index (χ1n) is 8.05. The lowest BCUT2D eigenvalue weighted by Gasteiger charge is -2.10. The molecule has 0 saturated carbocycles.